The molecule has 0 fully saturated rings. The van der Waals surface area contributed by atoms with Crippen molar-refractivity contribution in [3.8, 4) is 17.2 Å². The zero-order valence-corrected chi connectivity index (χ0v) is 12.6. The van der Waals surface area contributed by atoms with Crippen molar-refractivity contribution < 1.29 is 27.8 Å². The van der Waals surface area contributed by atoms with Crippen LogP contribution in [0.5, 0.6) is 17.2 Å². The molecule has 2 rings (SSSR count). The molecule has 0 saturated heterocycles. The molecule has 1 N–H and O–H groups in total. The van der Waals surface area contributed by atoms with Gasteiger partial charge >= 0.3 is 0 Å². The molecule has 0 spiro atoms. The van der Waals surface area contributed by atoms with E-state index in [1.165, 1.54) is 20.3 Å². The first-order valence-electron chi connectivity index (χ1n) is 6.64. The first kappa shape index (κ1) is 16.5. The van der Waals surface area contributed by atoms with Gasteiger partial charge < -0.3 is 19.5 Å². The first-order valence-corrected chi connectivity index (χ1v) is 6.64. The van der Waals surface area contributed by atoms with Crippen LogP contribution in [0.15, 0.2) is 36.4 Å². The number of benzene rings is 2. The maximum atomic E-state index is 13.1. The zero-order valence-electron chi connectivity index (χ0n) is 12.6. The fourth-order valence-electron chi connectivity index (χ4n) is 1.89. The predicted octanol–water partition coefficient (Wildman–Crippen LogP) is 3.00. The molecule has 0 atom stereocenters. The predicted molar refractivity (Wildman–Crippen MR) is 80.0 cm³/mol. The molecule has 0 heterocycles. The van der Waals surface area contributed by atoms with Crippen molar-refractivity contribution in [1.82, 2.24) is 0 Å². The number of hydrogen-bond donors (Lipinski definition) is 1. The highest BCUT2D eigenvalue weighted by Gasteiger charge is 2.13. The molecule has 0 aliphatic rings. The lowest BCUT2D eigenvalue weighted by atomic mass is 10.3. The number of rotatable bonds is 6. The van der Waals surface area contributed by atoms with Crippen molar-refractivity contribution >= 4 is 11.6 Å². The van der Waals surface area contributed by atoms with Gasteiger partial charge in [0, 0.05) is 11.8 Å². The number of carbonyl (C=O) groups is 1. The van der Waals surface area contributed by atoms with Crippen molar-refractivity contribution in [1.29, 1.82) is 0 Å². The van der Waals surface area contributed by atoms with Gasteiger partial charge in [-0.2, -0.15) is 0 Å². The summed E-state index contributed by atoms with van der Waals surface area (Å²) in [5, 5.41) is 2.40. The lowest BCUT2D eigenvalue weighted by molar-refractivity contribution is -0.118. The van der Waals surface area contributed by atoms with E-state index in [0.29, 0.717) is 17.2 Å². The quantitative estimate of drug-likeness (QED) is 0.888. The van der Waals surface area contributed by atoms with Crippen molar-refractivity contribution in [2.75, 3.05) is 26.1 Å². The van der Waals surface area contributed by atoms with Gasteiger partial charge in [-0.3, -0.25) is 4.79 Å². The molecule has 0 radical (unpaired) electrons. The molecule has 0 unspecified atom stereocenters. The summed E-state index contributed by atoms with van der Waals surface area (Å²) in [5.41, 5.74) is 0.134. The van der Waals surface area contributed by atoms with E-state index in [1.807, 2.05) is 0 Å². The third-order valence-electron chi connectivity index (χ3n) is 2.93. The second kappa shape index (κ2) is 7.44. The van der Waals surface area contributed by atoms with Crippen molar-refractivity contribution in [3.05, 3.63) is 48.0 Å². The van der Waals surface area contributed by atoms with Crippen molar-refractivity contribution in [2.24, 2.45) is 0 Å². The Morgan fingerprint density at radius 3 is 2.43 bits per heavy atom. The number of halogens is 2. The molecule has 0 aliphatic heterocycles. The Kier molecular flexibility index (Phi) is 5.35. The minimum atomic E-state index is -1.04. The fraction of sp³-hybridized carbons (Fsp3) is 0.188. The van der Waals surface area contributed by atoms with Crippen LogP contribution < -0.4 is 19.5 Å². The number of para-hydroxylation sites is 1. The van der Waals surface area contributed by atoms with Gasteiger partial charge in [0.15, 0.2) is 29.7 Å². The summed E-state index contributed by atoms with van der Waals surface area (Å²) in [5.74, 6) is -1.41. The summed E-state index contributed by atoms with van der Waals surface area (Å²) in [7, 11) is 2.93. The van der Waals surface area contributed by atoms with E-state index >= 15 is 0 Å². The van der Waals surface area contributed by atoms with Crippen LogP contribution in [0.3, 0.4) is 0 Å². The Morgan fingerprint density at radius 2 is 1.78 bits per heavy atom. The van der Waals surface area contributed by atoms with Gasteiger partial charge in [-0.05, 0) is 24.3 Å². The van der Waals surface area contributed by atoms with E-state index in [9.17, 15) is 13.6 Å². The van der Waals surface area contributed by atoms with Crippen LogP contribution in [0.4, 0.5) is 14.5 Å². The average Bonchev–Trinajstić information content (AvgIpc) is 2.55. The SMILES string of the molecule is COc1cccc(OCC(=O)Nc2ccc(F)c(F)c2)c1OC. The number of nitrogens with one attached hydrogen (secondary N) is 1. The number of methoxy groups -OCH3 is 2. The van der Waals surface area contributed by atoms with Crippen LogP contribution in [0, 0.1) is 11.6 Å². The number of anilines is 1. The molecule has 0 aromatic heterocycles. The van der Waals surface area contributed by atoms with Gasteiger partial charge in [-0.25, -0.2) is 8.78 Å². The smallest absolute Gasteiger partial charge is 0.262 e. The summed E-state index contributed by atoms with van der Waals surface area (Å²) in [6, 6.07) is 8.06. The summed E-state index contributed by atoms with van der Waals surface area (Å²) in [6.45, 7) is -0.331. The second-order valence-corrected chi connectivity index (χ2v) is 4.46. The lowest BCUT2D eigenvalue weighted by Gasteiger charge is -2.13. The molecule has 122 valence electrons. The van der Waals surface area contributed by atoms with E-state index < -0.39 is 17.5 Å². The van der Waals surface area contributed by atoms with E-state index in [1.54, 1.807) is 18.2 Å². The van der Waals surface area contributed by atoms with Gasteiger partial charge in [-0.1, -0.05) is 6.07 Å². The molecule has 5 nitrogen and oxygen atoms in total. The third-order valence-corrected chi connectivity index (χ3v) is 2.93. The molecule has 0 aliphatic carbocycles. The molecule has 2 aromatic carbocycles. The molecule has 23 heavy (non-hydrogen) atoms. The fourth-order valence-corrected chi connectivity index (χ4v) is 1.89. The maximum absolute atomic E-state index is 13.1. The van der Waals surface area contributed by atoms with E-state index in [-0.39, 0.29) is 12.3 Å². The molecular formula is C16H15F2NO4. The van der Waals surface area contributed by atoms with E-state index in [2.05, 4.69) is 5.32 Å². The monoisotopic (exact) mass is 323 g/mol. The lowest BCUT2D eigenvalue weighted by Crippen LogP contribution is -2.20. The Bertz CT molecular complexity index is 706. The Balaban J connectivity index is 2.00. The summed E-state index contributed by atoms with van der Waals surface area (Å²) in [6.07, 6.45) is 0. The average molecular weight is 323 g/mol. The van der Waals surface area contributed by atoms with E-state index in [0.717, 1.165) is 12.1 Å². The highest BCUT2D eigenvalue weighted by Crippen LogP contribution is 2.36. The van der Waals surface area contributed by atoms with E-state index in [4.69, 9.17) is 14.2 Å². The Labute approximate surface area is 131 Å². The zero-order chi connectivity index (χ0) is 16.8. The summed E-state index contributed by atoms with van der Waals surface area (Å²) in [4.78, 5) is 11.8. The molecule has 0 saturated carbocycles. The number of amides is 1. The van der Waals surface area contributed by atoms with Crippen LogP contribution in [0.1, 0.15) is 0 Å². The van der Waals surface area contributed by atoms with Crippen LogP contribution in [0.25, 0.3) is 0 Å². The first-order chi connectivity index (χ1) is 11.0. The summed E-state index contributed by atoms with van der Waals surface area (Å²) >= 11 is 0. The van der Waals surface area contributed by atoms with Gasteiger partial charge in [-0.15, -0.1) is 0 Å². The van der Waals surface area contributed by atoms with Crippen molar-refractivity contribution in [2.45, 2.75) is 0 Å². The minimum absolute atomic E-state index is 0.134. The van der Waals surface area contributed by atoms with Gasteiger partial charge in [0.2, 0.25) is 5.75 Å². The van der Waals surface area contributed by atoms with Crippen LogP contribution >= 0.6 is 0 Å². The van der Waals surface area contributed by atoms with Gasteiger partial charge in [0.1, 0.15) is 0 Å². The largest absolute Gasteiger partial charge is 0.493 e. The normalized spacial score (nSPS) is 10.1. The highest BCUT2D eigenvalue weighted by atomic mass is 19.2. The minimum Gasteiger partial charge on any atom is -0.493 e. The second-order valence-electron chi connectivity index (χ2n) is 4.46. The van der Waals surface area contributed by atoms with Crippen LogP contribution in [0.2, 0.25) is 0 Å². The Morgan fingerprint density at radius 1 is 1.04 bits per heavy atom. The molecular weight excluding hydrogens is 308 g/mol. The van der Waals surface area contributed by atoms with Crippen LogP contribution in [-0.4, -0.2) is 26.7 Å². The van der Waals surface area contributed by atoms with Crippen molar-refractivity contribution in [3.63, 3.8) is 0 Å². The standard InChI is InChI=1S/C16H15F2NO4/c1-21-13-4-3-5-14(16(13)22-2)23-9-15(20)19-10-6-7-11(17)12(18)8-10/h3-8H,9H2,1-2H3,(H,19,20). The number of hydrogen-bond acceptors (Lipinski definition) is 4. The number of ether oxygens (including phenoxy) is 3. The topological polar surface area (TPSA) is 56.8 Å². The maximum Gasteiger partial charge on any atom is 0.262 e. The Hall–Kier alpha value is -2.83. The highest BCUT2D eigenvalue weighted by molar-refractivity contribution is 5.91. The van der Waals surface area contributed by atoms with Gasteiger partial charge in [0.25, 0.3) is 5.91 Å². The number of carbonyl (C=O) groups excluding carboxylic acids is 1. The van der Waals surface area contributed by atoms with Gasteiger partial charge in [0.05, 0.1) is 14.2 Å². The molecule has 0 bridgehead atoms. The molecule has 7 heteroatoms. The summed E-state index contributed by atoms with van der Waals surface area (Å²) < 4.78 is 41.6. The molecule has 2 aromatic rings. The van der Waals surface area contributed by atoms with Crippen LogP contribution in [-0.2, 0) is 4.79 Å². The molecule has 1 amide bonds. The third kappa shape index (κ3) is 4.09.